The lowest BCUT2D eigenvalue weighted by Gasteiger charge is -2.17. The zero-order valence-electron chi connectivity index (χ0n) is 16.5. The van der Waals surface area contributed by atoms with E-state index >= 15 is 0 Å². The number of ether oxygens (including phenoxy) is 2. The SMILES string of the molecule is Cc1nc(N)c2c(C(N)=O)cn([C@@H]3O[C@H](COC(=O)c4ccccc4)[C@@H](O)[C@H]3O)c2n1. The van der Waals surface area contributed by atoms with Gasteiger partial charge < -0.3 is 35.7 Å². The molecule has 1 amide bonds. The van der Waals surface area contributed by atoms with E-state index in [2.05, 4.69) is 9.97 Å². The van der Waals surface area contributed by atoms with Crippen molar-refractivity contribution in [2.75, 3.05) is 12.3 Å². The molecule has 1 aliphatic rings. The topological polar surface area (TPSA) is 176 Å². The van der Waals surface area contributed by atoms with E-state index < -0.39 is 36.4 Å². The summed E-state index contributed by atoms with van der Waals surface area (Å²) < 4.78 is 12.4. The van der Waals surface area contributed by atoms with Crippen LogP contribution in [0.25, 0.3) is 11.0 Å². The summed E-state index contributed by atoms with van der Waals surface area (Å²) in [5.41, 5.74) is 12.0. The van der Waals surface area contributed by atoms with E-state index in [4.69, 9.17) is 20.9 Å². The number of carbonyl (C=O) groups is 2. The smallest absolute Gasteiger partial charge is 0.338 e. The number of nitrogens with two attached hydrogens (primary N) is 2. The Balaban J connectivity index is 1.60. The zero-order chi connectivity index (χ0) is 22.3. The van der Waals surface area contributed by atoms with Crippen molar-refractivity contribution >= 4 is 28.7 Å². The highest BCUT2D eigenvalue weighted by atomic mass is 16.6. The van der Waals surface area contributed by atoms with Crippen LogP contribution in [0.15, 0.2) is 36.5 Å². The van der Waals surface area contributed by atoms with Gasteiger partial charge in [-0.05, 0) is 19.1 Å². The molecule has 0 aliphatic carbocycles. The Kier molecular flexibility index (Phi) is 5.31. The van der Waals surface area contributed by atoms with Crippen LogP contribution in [0.1, 0.15) is 32.8 Å². The van der Waals surface area contributed by atoms with E-state index in [0.29, 0.717) is 11.4 Å². The molecule has 0 bridgehead atoms. The second-order valence-corrected chi connectivity index (χ2v) is 7.18. The Morgan fingerprint density at radius 3 is 2.58 bits per heavy atom. The molecule has 0 radical (unpaired) electrons. The van der Waals surface area contributed by atoms with Crippen LogP contribution in [0.5, 0.6) is 0 Å². The number of nitrogen functional groups attached to an aromatic ring is 1. The van der Waals surface area contributed by atoms with Crippen LogP contribution in [0.4, 0.5) is 5.82 Å². The highest BCUT2D eigenvalue weighted by Crippen LogP contribution is 2.35. The molecule has 1 saturated heterocycles. The number of amides is 1. The minimum absolute atomic E-state index is 0.0522. The lowest BCUT2D eigenvalue weighted by molar-refractivity contribution is -0.0563. The van der Waals surface area contributed by atoms with Gasteiger partial charge in [-0.2, -0.15) is 0 Å². The van der Waals surface area contributed by atoms with Gasteiger partial charge in [0.2, 0.25) is 0 Å². The summed E-state index contributed by atoms with van der Waals surface area (Å²) in [6.07, 6.45) is -3.55. The fraction of sp³-hybridized carbons (Fsp3) is 0.300. The summed E-state index contributed by atoms with van der Waals surface area (Å²) in [5, 5.41) is 21.2. The van der Waals surface area contributed by atoms with Crippen molar-refractivity contribution in [3.63, 3.8) is 0 Å². The van der Waals surface area contributed by atoms with Crippen molar-refractivity contribution in [3.8, 4) is 0 Å². The molecular formula is C20H21N5O6. The average Bonchev–Trinajstić information content (AvgIpc) is 3.25. The minimum Gasteiger partial charge on any atom is -0.459 e. The van der Waals surface area contributed by atoms with Gasteiger partial charge in [-0.25, -0.2) is 14.8 Å². The number of benzene rings is 1. The second-order valence-electron chi connectivity index (χ2n) is 7.18. The Bertz CT molecular complexity index is 1150. The summed E-state index contributed by atoms with van der Waals surface area (Å²) in [7, 11) is 0. The standard InChI is InChI=1S/C20H21N5O6/c1-9-23-16(21)13-11(17(22)28)7-25(18(13)24-9)19-15(27)14(26)12(31-19)8-30-20(29)10-5-3-2-4-6-10/h2-7,12,14-15,19,26-27H,8H2,1H3,(H2,22,28)(H2,21,23,24)/t12-,14-,15-,19-/m1/s1. The van der Waals surface area contributed by atoms with Crippen molar-refractivity contribution in [3.05, 3.63) is 53.5 Å². The molecule has 162 valence electrons. The van der Waals surface area contributed by atoms with Crippen LogP contribution in [-0.2, 0) is 9.47 Å². The molecule has 31 heavy (non-hydrogen) atoms. The van der Waals surface area contributed by atoms with Gasteiger partial charge in [0, 0.05) is 6.20 Å². The molecule has 11 nitrogen and oxygen atoms in total. The number of esters is 1. The van der Waals surface area contributed by atoms with E-state index in [-0.39, 0.29) is 29.0 Å². The number of aliphatic hydroxyl groups excluding tert-OH is 2. The zero-order valence-corrected chi connectivity index (χ0v) is 16.5. The van der Waals surface area contributed by atoms with Gasteiger partial charge in [-0.3, -0.25) is 4.79 Å². The first kappa shape index (κ1) is 20.7. The molecule has 1 aliphatic heterocycles. The fourth-order valence-electron chi connectivity index (χ4n) is 3.58. The monoisotopic (exact) mass is 427 g/mol. The molecule has 6 N–H and O–H groups in total. The van der Waals surface area contributed by atoms with Gasteiger partial charge in [-0.1, -0.05) is 18.2 Å². The maximum absolute atomic E-state index is 12.2. The number of nitrogens with zero attached hydrogens (tertiary/aromatic N) is 3. The number of aliphatic hydroxyl groups is 2. The van der Waals surface area contributed by atoms with Crippen LogP contribution in [0, 0.1) is 6.92 Å². The highest BCUT2D eigenvalue weighted by Gasteiger charge is 2.45. The Morgan fingerprint density at radius 2 is 1.90 bits per heavy atom. The molecule has 0 saturated carbocycles. The number of aryl methyl sites for hydroxylation is 1. The third-order valence-electron chi connectivity index (χ3n) is 5.08. The second kappa shape index (κ2) is 7.95. The van der Waals surface area contributed by atoms with E-state index in [0.717, 1.165) is 0 Å². The Morgan fingerprint density at radius 1 is 1.19 bits per heavy atom. The van der Waals surface area contributed by atoms with Gasteiger partial charge in [0.1, 0.15) is 42.2 Å². The van der Waals surface area contributed by atoms with Crippen molar-refractivity contribution in [2.45, 2.75) is 31.5 Å². The predicted octanol–water partition coefficient (Wildman–Crippen LogP) is -0.103. The molecule has 1 fully saturated rings. The van der Waals surface area contributed by atoms with Crippen molar-refractivity contribution in [1.29, 1.82) is 0 Å². The van der Waals surface area contributed by atoms with Gasteiger partial charge in [-0.15, -0.1) is 0 Å². The van der Waals surface area contributed by atoms with Crippen LogP contribution in [-0.4, -0.2) is 61.5 Å². The summed E-state index contributed by atoms with van der Waals surface area (Å²) in [4.78, 5) is 32.4. The number of aromatic nitrogens is 3. The van der Waals surface area contributed by atoms with E-state index in [1.54, 1.807) is 37.3 Å². The number of hydrogen-bond acceptors (Lipinski definition) is 9. The number of fused-ring (bicyclic) bond motifs is 1. The van der Waals surface area contributed by atoms with E-state index in [9.17, 15) is 19.8 Å². The molecule has 3 aromatic rings. The van der Waals surface area contributed by atoms with Crippen LogP contribution in [0.3, 0.4) is 0 Å². The van der Waals surface area contributed by atoms with Crippen LogP contribution in [0.2, 0.25) is 0 Å². The van der Waals surface area contributed by atoms with Gasteiger partial charge in [0.15, 0.2) is 6.23 Å². The van der Waals surface area contributed by atoms with E-state index in [1.165, 1.54) is 10.8 Å². The summed E-state index contributed by atoms with van der Waals surface area (Å²) in [6, 6.07) is 8.34. The molecule has 4 atom stereocenters. The van der Waals surface area contributed by atoms with Crippen LogP contribution < -0.4 is 11.5 Å². The maximum Gasteiger partial charge on any atom is 0.338 e. The van der Waals surface area contributed by atoms with Gasteiger partial charge >= 0.3 is 5.97 Å². The molecule has 11 heteroatoms. The molecule has 2 aromatic heterocycles. The Labute approximate surface area is 176 Å². The molecule has 0 spiro atoms. The van der Waals surface area contributed by atoms with Gasteiger partial charge in [0.05, 0.1) is 16.5 Å². The first-order valence-corrected chi connectivity index (χ1v) is 9.46. The lowest BCUT2D eigenvalue weighted by atomic mass is 10.1. The third-order valence-corrected chi connectivity index (χ3v) is 5.08. The van der Waals surface area contributed by atoms with Crippen molar-refractivity contribution in [2.24, 2.45) is 5.73 Å². The summed E-state index contributed by atoms with van der Waals surface area (Å²) >= 11 is 0. The predicted molar refractivity (Wildman–Crippen MR) is 108 cm³/mol. The number of primary amides is 1. The highest BCUT2D eigenvalue weighted by molar-refractivity contribution is 6.08. The number of hydrogen-bond donors (Lipinski definition) is 4. The van der Waals surface area contributed by atoms with Gasteiger partial charge in [0.25, 0.3) is 5.91 Å². The Hall–Kier alpha value is -3.54. The first-order valence-electron chi connectivity index (χ1n) is 9.46. The van der Waals surface area contributed by atoms with Crippen molar-refractivity contribution in [1.82, 2.24) is 14.5 Å². The number of carbonyl (C=O) groups excluding carboxylic acids is 2. The molecule has 1 aromatic carbocycles. The summed E-state index contributed by atoms with van der Waals surface area (Å²) in [6.45, 7) is 1.32. The van der Waals surface area contributed by atoms with Crippen molar-refractivity contribution < 1.29 is 29.3 Å². The lowest BCUT2D eigenvalue weighted by Crippen LogP contribution is -2.34. The number of anilines is 1. The average molecular weight is 427 g/mol. The molecule has 4 rings (SSSR count). The molecule has 3 heterocycles. The van der Waals surface area contributed by atoms with E-state index in [1.807, 2.05) is 0 Å². The third kappa shape index (κ3) is 3.69. The number of rotatable bonds is 5. The molecular weight excluding hydrogens is 406 g/mol. The summed E-state index contributed by atoms with van der Waals surface area (Å²) in [5.74, 6) is -0.963. The fourth-order valence-corrected chi connectivity index (χ4v) is 3.58. The first-order chi connectivity index (χ1) is 14.8. The molecule has 0 unspecified atom stereocenters. The minimum atomic E-state index is -1.40. The quantitative estimate of drug-likeness (QED) is 0.405. The largest absolute Gasteiger partial charge is 0.459 e. The van der Waals surface area contributed by atoms with Crippen LogP contribution >= 0.6 is 0 Å². The maximum atomic E-state index is 12.2. The normalized spacial score (nSPS) is 23.2.